The van der Waals surface area contributed by atoms with E-state index in [2.05, 4.69) is 121 Å². The number of furan rings is 1. The van der Waals surface area contributed by atoms with Crippen molar-refractivity contribution in [2.24, 2.45) is 0 Å². The second-order valence-corrected chi connectivity index (χ2v) is 14.6. The van der Waals surface area contributed by atoms with Crippen LogP contribution in [0.2, 0.25) is 0 Å². The minimum atomic E-state index is -0.115. The van der Waals surface area contributed by atoms with Crippen LogP contribution in [-0.2, 0) is 21.7 Å². The fraction of sp³-hybridized carbons (Fsp3) is 0.368. The van der Waals surface area contributed by atoms with Crippen LogP contribution < -0.4 is 5.32 Å². The highest BCUT2D eigenvalue weighted by Crippen LogP contribution is 2.55. The summed E-state index contributed by atoms with van der Waals surface area (Å²) in [6.07, 6.45) is 2.47. The van der Waals surface area contributed by atoms with Gasteiger partial charge in [-0.25, -0.2) is 0 Å². The van der Waals surface area contributed by atoms with Gasteiger partial charge in [0.15, 0.2) is 5.58 Å². The van der Waals surface area contributed by atoms with Crippen LogP contribution in [0.3, 0.4) is 0 Å². The average molecular weight is 528 g/mol. The molecule has 0 saturated carbocycles. The zero-order valence-electron chi connectivity index (χ0n) is 25.3. The molecule has 5 aromatic rings. The van der Waals surface area contributed by atoms with Crippen LogP contribution in [0, 0.1) is 0 Å². The first-order valence-corrected chi connectivity index (χ1v) is 14.8. The molecule has 7 rings (SSSR count). The van der Waals surface area contributed by atoms with Crippen LogP contribution in [0.1, 0.15) is 102 Å². The minimum Gasteiger partial charge on any atom is -0.454 e. The van der Waals surface area contributed by atoms with E-state index >= 15 is 0 Å². The Morgan fingerprint density at radius 3 is 1.80 bits per heavy atom. The molecule has 0 spiro atoms. The zero-order valence-corrected chi connectivity index (χ0v) is 25.3. The Morgan fingerprint density at radius 2 is 1.12 bits per heavy atom. The van der Waals surface area contributed by atoms with Gasteiger partial charge in [-0.05, 0) is 81.3 Å². The van der Waals surface area contributed by atoms with Gasteiger partial charge >= 0.3 is 0 Å². The third-order valence-electron chi connectivity index (χ3n) is 10.4. The monoisotopic (exact) mass is 527 g/mol. The van der Waals surface area contributed by atoms with Crippen LogP contribution in [0.25, 0.3) is 21.9 Å². The van der Waals surface area contributed by atoms with Gasteiger partial charge in [-0.15, -0.1) is 0 Å². The number of hydrogen-bond donors (Lipinski definition) is 1. The fourth-order valence-corrected chi connectivity index (χ4v) is 7.62. The summed E-state index contributed by atoms with van der Waals surface area (Å²) in [7, 11) is 0. The molecule has 0 fully saturated rings. The second-order valence-electron chi connectivity index (χ2n) is 14.6. The van der Waals surface area contributed by atoms with Crippen molar-refractivity contribution in [1.29, 1.82) is 0 Å². The first kappa shape index (κ1) is 25.4. The molecule has 204 valence electrons. The lowest BCUT2D eigenvalue weighted by Crippen LogP contribution is -2.40. The van der Waals surface area contributed by atoms with Crippen molar-refractivity contribution >= 4 is 33.3 Å². The molecule has 0 aliphatic heterocycles. The molecule has 2 aliphatic rings. The SMILES string of the molecule is CC1(C)CCC(C)(C)c2cc3c(cc21)C(C)(C)c1ccc(Nc2cccc4c2oc2ccccc24)cc1C3(C)C. The van der Waals surface area contributed by atoms with E-state index in [1.54, 1.807) is 11.1 Å². The Kier molecular flexibility index (Phi) is 5.11. The van der Waals surface area contributed by atoms with Gasteiger partial charge in [0.2, 0.25) is 0 Å². The normalized spacial score (nSPS) is 19.6. The quantitative estimate of drug-likeness (QED) is 0.247. The molecule has 40 heavy (non-hydrogen) atoms. The van der Waals surface area contributed by atoms with Crippen LogP contribution in [0.5, 0.6) is 0 Å². The summed E-state index contributed by atoms with van der Waals surface area (Å²) >= 11 is 0. The van der Waals surface area contributed by atoms with E-state index in [4.69, 9.17) is 4.42 Å². The molecule has 0 unspecified atom stereocenters. The number of para-hydroxylation sites is 2. The third-order valence-corrected chi connectivity index (χ3v) is 10.4. The number of fused-ring (bicyclic) bond motifs is 6. The van der Waals surface area contributed by atoms with Gasteiger partial charge in [0.1, 0.15) is 5.58 Å². The van der Waals surface area contributed by atoms with E-state index in [-0.39, 0.29) is 21.7 Å². The van der Waals surface area contributed by atoms with Gasteiger partial charge in [0, 0.05) is 27.3 Å². The predicted molar refractivity (Wildman–Crippen MR) is 169 cm³/mol. The summed E-state index contributed by atoms with van der Waals surface area (Å²) in [5.41, 5.74) is 13.0. The number of rotatable bonds is 2. The Labute approximate surface area is 238 Å². The second kappa shape index (κ2) is 8.03. The van der Waals surface area contributed by atoms with E-state index in [1.165, 1.54) is 35.1 Å². The van der Waals surface area contributed by atoms with Crippen LogP contribution in [0.15, 0.2) is 77.2 Å². The van der Waals surface area contributed by atoms with Crippen molar-refractivity contribution in [1.82, 2.24) is 0 Å². The molecule has 0 atom stereocenters. The van der Waals surface area contributed by atoms with Crippen molar-refractivity contribution < 1.29 is 4.42 Å². The maximum Gasteiger partial charge on any atom is 0.158 e. The predicted octanol–water partition coefficient (Wildman–Crippen LogP) is 10.6. The Bertz CT molecular complexity index is 1830. The molecular weight excluding hydrogens is 486 g/mol. The van der Waals surface area contributed by atoms with Crippen molar-refractivity contribution in [2.75, 3.05) is 5.32 Å². The molecule has 0 amide bonds. The molecule has 1 heterocycles. The molecule has 0 radical (unpaired) electrons. The highest BCUT2D eigenvalue weighted by Gasteiger charge is 2.45. The van der Waals surface area contributed by atoms with Crippen LogP contribution in [0.4, 0.5) is 11.4 Å². The largest absolute Gasteiger partial charge is 0.454 e. The molecule has 1 N–H and O–H groups in total. The summed E-state index contributed by atoms with van der Waals surface area (Å²) in [5.74, 6) is 0. The van der Waals surface area contributed by atoms with Gasteiger partial charge in [0.25, 0.3) is 0 Å². The van der Waals surface area contributed by atoms with E-state index in [0.29, 0.717) is 0 Å². The first-order valence-electron chi connectivity index (χ1n) is 14.8. The maximum atomic E-state index is 6.32. The van der Waals surface area contributed by atoms with E-state index < -0.39 is 0 Å². The van der Waals surface area contributed by atoms with Crippen molar-refractivity contribution in [3.63, 3.8) is 0 Å². The van der Waals surface area contributed by atoms with Crippen molar-refractivity contribution in [2.45, 2.75) is 89.9 Å². The molecule has 1 aromatic heterocycles. The lowest BCUT2D eigenvalue weighted by Gasteiger charge is -2.48. The number of anilines is 2. The highest BCUT2D eigenvalue weighted by molar-refractivity contribution is 6.09. The molecule has 4 aromatic carbocycles. The highest BCUT2D eigenvalue weighted by atomic mass is 16.3. The summed E-state index contributed by atoms with van der Waals surface area (Å²) in [5, 5.41) is 6.02. The standard InChI is InChI=1S/C38H41NO/c1-35(2)18-19-36(3,4)28-22-31-30(21-27(28)35)37(5,6)26-17-16-23(20-29(26)38(31,7)8)39-32-14-11-13-25-24-12-9-10-15-33(24)40-34(25)32/h9-17,20-22,39H,18-19H2,1-8H3. The minimum absolute atomic E-state index is 0.0792. The van der Waals surface area contributed by atoms with Gasteiger partial charge in [0.05, 0.1) is 5.69 Å². The van der Waals surface area contributed by atoms with Gasteiger partial charge < -0.3 is 9.73 Å². The summed E-state index contributed by atoms with van der Waals surface area (Å²) in [6.45, 7) is 19.4. The van der Waals surface area contributed by atoms with Crippen LogP contribution in [-0.4, -0.2) is 0 Å². The van der Waals surface area contributed by atoms with E-state index in [9.17, 15) is 0 Å². The maximum absolute atomic E-state index is 6.32. The molecule has 2 nitrogen and oxygen atoms in total. The summed E-state index contributed by atoms with van der Waals surface area (Å²) in [6, 6.07) is 26.8. The average Bonchev–Trinajstić information content (AvgIpc) is 3.30. The van der Waals surface area contributed by atoms with Crippen molar-refractivity contribution in [3.05, 3.63) is 106 Å². The summed E-state index contributed by atoms with van der Waals surface area (Å²) in [4.78, 5) is 0. The fourth-order valence-electron chi connectivity index (χ4n) is 7.62. The number of hydrogen-bond acceptors (Lipinski definition) is 2. The van der Waals surface area contributed by atoms with Crippen molar-refractivity contribution in [3.8, 4) is 0 Å². The molecule has 0 saturated heterocycles. The lowest BCUT2D eigenvalue weighted by atomic mass is 9.56. The number of benzene rings is 4. The third kappa shape index (κ3) is 3.47. The Morgan fingerprint density at radius 1 is 0.550 bits per heavy atom. The van der Waals surface area contributed by atoms with E-state index in [0.717, 1.165) is 33.3 Å². The molecular formula is C38H41NO. The smallest absolute Gasteiger partial charge is 0.158 e. The van der Waals surface area contributed by atoms with Gasteiger partial charge in [-0.2, -0.15) is 0 Å². The number of nitrogens with one attached hydrogen (secondary N) is 1. The van der Waals surface area contributed by atoms with Gasteiger partial charge in [-0.3, -0.25) is 0 Å². The van der Waals surface area contributed by atoms with Crippen LogP contribution >= 0.6 is 0 Å². The van der Waals surface area contributed by atoms with Gasteiger partial charge in [-0.1, -0.05) is 104 Å². The molecule has 0 bridgehead atoms. The lowest BCUT2D eigenvalue weighted by molar-refractivity contribution is 0.329. The summed E-state index contributed by atoms with van der Waals surface area (Å²) < 4.78 is 6.32. The molecule has 2 heteroatoms. The Hall–Kier alpha value is -3.52. The topological polar surface area (TPSA) is 25.2 Å². The zero-order chi connectivity index (χ0) is 28.2. The first-order chi connectivity index (χ1) is 18.8. The van der Waals surface area contributed by atoms with E-state index in [1.807, 2.05) is 12.1 Å². The molecule has 2 aliphatic carbocycles. The Balaban J connectivity index is 1.37.